The van der Waals surface area contributed by atoms with E-state index in [4.69, 9.17) is 10.8 Å². The number of thiazole rings is 1. The van der Waals surface area contributed by atoms with E-state index in [0.717, 1.165) is 23.4 Å². The van der Waals surface area contributed by atoms with Gasteiger partial charge in [-0.1, -0.05) is 0 Å². The number of nitrogens with zero attached hydrogens (tertiary/aromatic N) is 1. The van der Waals surface area contributed by atoms with Gasteiger partial charge in [-0.15, -0.1) is 11.3 Å². The van der Waals surface area contributed by atoms with Crippen molar-refractivity contribution in [1.29, 1.82) is 0 Å². The van der Waals surface area contributed by atoms with Crippen molar-refractivity contribution in [2.45, 2.75) is 25.2 Å². The second kappa shape index (κ2) is 2.99. The first-order valence-corrected chi connectivity index (χ1v) is 4.98. The summed E-state index contributed by atoms with van der Waals surface area (Å²) in [5, 5.41) is 9.42. The van der Waals surface area contributed by atoms with Crippen molar-refractivity contribution in [1.82, 2.24) is 4.98 Å². The van der Waals surface area contributed by atoms with Gasteiger partial charge in [0, 0.05) is 4.88 Å². The lowest BCUT2D eigenvalue weighted by atomic mass is 9.92. The highest BCUT2D eigenvalue weighted by molar-refractivity contribution is 7.15. The minimum atomic E-state index is -0.760. The van der Waals surface area contributed by atoms with E-state index >= 15 is 0 Å². The Kier molecular flexibility index (Phi) is 1.95. The van der Waals surface area contributed by atoms with Gasteiger partial charge in [0.25, 0.3) is 0 Å². The minimum Gasteiger partial charge on any atom is -0.481 e. The molecule has 1 aliphatic rings. The van der Waals surface area contributed by atoms with Crippen molar-refractivity contribution in [3.8, 4) is 0 Å². The molecule has 0 radical (unpaired) electrons. The number of carboxylic acids is 1. The molecule has 3 N–H and O–H groups in total. The van der Waals surface area contributed by atoms with Crippen molar-refractivity contribution in [3.63, 3.8) is 0 Å². The van der Waals surface area contributed by atoms with Gasteiger partial charge in [0.05, 0.1) is 11.6 Å². The second-order valence-electron chi connectivity index (χ2n) is 3.15. The number of hydrogen-bond acceptors (Lipinski definition) is 4. The second-order valence-corrected chi connectivity index (χ2v) is 4.21. The number of rotatable bonds is 1. The topological polar surface area (TPSA) is 76.2 Å². The molecule has 0 aromatic carbocycles. The van der Waals surface area contributed by atoms with Crippen LogP contribution in [0.5, 0.6) is 0 Å². The maximum absolute atomic E-state index is 10.9. The van der Waals surface area contributed by atoms with Gasteiger partial charge in [0.15, 0.2) is 5.13 Å². The molecule has 13 heavy (non-hydrogen) atoms. The fraction of sp³-hybridized carbons (Fsp3) is 0.500. The maximum Gasteiger partial charge on any atom is 0.311 e. The molecule has 1 aliphatic carbocycles. The molecule has 0 aliphatic heterocycles. The summed E-state index contributed by atoms with van der Waals surface area (Å²) in [5.41, 5.74) is 6.43. The molecule has 70 valence electrons. The summed E-state index contributed by atoms with van der Waals surface area (Å²) >= 11 is 1.31. The van der Waals surface area contributed by atoms with Crippen molar-refractivity contribution >= 4 is 22.4 Å². The summed E-state index contributed by atoms with van der Waals surface area (Å²) in [6.07, 6.45) is 2.48. The Balaban J connectivity index is 2.41. The summed E-state index contributed by atoms with van der Waals surface area (Å²) in [7, 11) is 0. The number of nitrogens with two attached hydrogens (primary N) is 1. The third kappa shape index (κ3) is 1.39. The maximum atomic E-state index is 10.9. The molecule has 1 atom stereocenters. The van der Waals surface area contributed by atoms with Crippen LogP contribution in [0.2, 0.25) is 0 Å². The van der Waals surface area contributed by atoms with Gasteiger partial charge in [-0.2, -0.15) is 0 Å². The Morgan fingerprint density at radius 2 is 2.46 bits per heavy atom. The smallest absolute Gasteiger partial charge is 0.311 e. The predicted octanol–water partition coefficient (Wildman–Crippen LogP) is 1.23. The molecular formula is C8H10N2O2S. The number of nitrogen functional groups attached to an aromatic ring is 1. The van der Waals surface area contributed by atoms with E-state index in [-0.39, 0.29) is 5.92 Å². The number of aromatic nitrogens is 1. The average molecular weight is 198 g/mol. The van der Waals surface area contributed by atoms with Gasteiger partial charge < -0.3 is 10.8 Å². The van der Waals surface area contributed by atoms with Crippen LogP contribution in [0.4, 0.5) is 5.13 Å². The van der Waals surface area contributed by atoms with Crippen LogP contribution >= 0.6 is 11.3 Å². The molecule has 2 rings (SSSR count). The lowest BCUT2D eigenvalue weighted by Gasteiger charge is -2.16. The van der Waals surface area contributed by atoms with E-state index < -0.39 is 5.97 Å². The third-order valence-corrected chi connectivity index (χ3v) is 3.31. The zero-order valence-corrected chi connectivity index (χ0v) is 7.80. The van der Waals surface area contributed by atoms with Gasteiger partial charge in [-0.3, -0.25) is 4.79 Å². The molecule has 0 spiro atoms. The Labute approximate surface area is 79.4 Å². The van der Waals surface area contributed by atoms with Gasteiger partial charge in [-0.05, 0) is 19.3 Å². The first-order valence-electron chi connectivity index (χ1n) is 4.16. The highest BCUT2D eigenvalue weighted by Crippen LogP contribution is 2.36. The number of aliphatic carboxylic acids is 1. The molecule has 0 saturated heterocycles. The van der Waals surface area contributed by atoms with Crippen LogP contribution in [-0.2, 0) is 11.2 Å². The fourth-order valence-corrected chi connectivity index (χ4v) is 2.68. The Morgan fingerprint density at radius 1 is 1.69 bits per heavy atom. The van der Waals surface area contributed by atoms with Gasteiger partial charge in [0.2, 0.25) is 0 Å². The molecule has 0 amide bonds. The summed E-state index contributed by atoms with van der Waals surface area (Å²) in [6, 6.07) is 0. The molecule has 1 aromatic rings. The van der Waals surface area contributed by atoms with Crippen LogP contribution in [0.15, 0.2) is 0 Å². The number of hydrogen-bond donors (Lipinski definition) is 2. The highest BCUT2D eigenvalue weighted by Gasteiger charge is 2.29. The summed E-state index contributed by atoms with van der Waals surface area (Å²) in [4.78, 5) is 15.8. The number of aryl methyl sites for hydroxylation is 1. The molecule has 1 aromatic heterocycles. The highest BCUT2D eigenvalue weighted by atomic mass is 32.1. The van der Waals surface area contributed by atoms with Crippen molar-refractivity contribution in [2.24, 2.45) is 0 Å². The normalized spacial score (nSPS) is 21.1. The number of fused-ring (bicyclic) bond motifs is 1. The lowest BCUT2D eigenvalue weighted by Crippen LogP contribution is -2.16. The van der Waals surface area contributed by atoms with E-state index in [9.17, 15) is 4.79 Å². The molecular weight excluding hydrogens is 188 g/mol. The predicted molar refractivity (Wildman–Crippen MR) is 49.8 cm³/mol. The molecule has 5 heteroatoms. The van der Waals surface area contributed by atoms with Crippen molar-refractivity contribution in [2.75, 3.05) is 5.73 Å². The largest absolute Gasteiger partial charge is 0.481 e. The number of carboxylic acid groups (broad SMARTS) is 1. The quantitative estimate of drug-likeness (QED) is 0.711. The third-order valence-electron chi connectivity index (χ3n) is 2.27. The Morgan fingerprint density at radius 3 is 3.15 bits per heavy atom. The zero-order valence-electron chi connectivity index (χ0n) is 6.99. The molecule has 0 fully saturated rings. The summed E-state index contributed by atoms with van der Waals surface area (Å²) in [6.45, 7) is 0. The number of carbonyl (C=O) groups is 1. The Hall–Kier alpha value is -1.10. The van der Waals surface area contributed by atoms with Crippen LogP contribution < -0.4 is 5.73 Å². The number of anilines is 1. The summed E-state index contributed by atoms with van der Waals surface area (Å²) < 4.78 is 0. The molecule has 0 bridgehead atoms. The lowest BCUT2D eigenvalue weighted by molar-refractivity contribution is -0.139. The molecule has 1 heterocycles. The van der Waals surface area contributed by atoms with E-state index in [1.165, 1.54) is 11.3 Å². The van der Waals surface area contributed by atoms with E-state index in [2.05, 4.69) is 4.98 Å². The van der Waals surface area contributed by atoms with Crippen LogP contribution in [-0.4, -0.2) is 16.1 Å². The van der Waals surface area contributed by atoms with E-state index in [1.807, 2.05) is 0 Å². The molecule has 0 saturated carbocycles. The van der Waals surface area contributed by atoms with Crippen LogP contribution in [0.3, 0.4) is 0 Å². The fourth-order valence-electron chi connectivity index (χ4n) is 1.67. The monoisotopic (exact) mass is 198 g/mol. The van der Waals surface area contributed by atoms with Gasteiger partial charge in [-0.25, -0.2) is 4.98 Å². The molecule has 0 unspecified atom stereocenters. The first-order chi connectivity index (χ1) is 6.18. The standard InChI is InChI=1S/C8H10N2O2S/c9-8-10-5-3-1-2-4(7(11)12)6(5)13-8/h4H,1-3H2,(H2,9,10)(H,11,12)/t4-/m1/s1. The van der Waals surface area contributed by atoms with Crippen LogP contribution in [0.1, 0.15) is 29.3 Å². The Bertz CT molecular complexity index is 348. The zero-order chi connectivity index (χ0) is 9.42. The van der Waals surface area contributed by atoms with Gasteiger partial charge >= 0.3 is 5.97 Å². The SMILES string of the molecule is Nc1nc2c(s1)[C@H](C(=O)O)CCC2. The average Bonchev–Trinajstić information content (AvgIpc) is 2.43. The summed E-state index contributed by atoms with van der Waals surface area (Å²) in [5.74, 6) is -1.14. The van der Waals surface area contributed by atoms with E-state index in [0.29, 0.717) is 11.6 Å². The minimum absolute atomic E-state index is 0.376. The van der Waals surface area contributed by atoms with Crippen molar-refractivity contribution in [3.05, 3.63) is 10.6 Å². The van der Waals surface area contributed by atoms with Crippen LogP contribution in [0, 0.1) is 0 Å². The first kappa shape index (κ1) is 8.50. The molecule has 4 nitrogen and oxygen atoms in total. The van der Waals surface area contributed by atoms with E-state index in [1.54, 1.807) is 0 Å². The van der Waals surface area contributed by atoms with Gasteiger partial charge in [0.1, 0.15) is 0 Å². The van der Waals surface area contributed by atoms with Crippen molar-refractivity contribution < 1.29 is 9.90 Å². The van der Waals surface area contributed by atoms with Crippen LogP contribution in [0.25, 0.3) is 0 Å².